The van der Waals surface area contributed by atoms with Crippen molar-refractivity contribution < 1.29 is 0 Å². The summed E-state index contributed by atoms with van der Waals surface area (Å²) >= 11 is 1.82. The van der Waals surface area contributed by atoms with Gasteiger partial charge in [-0.3, -0.25) is 0 Å². The van der Waals surface area contributed by atoms with Crippen LogP contribution in [0.2, 0.25) is 0 Å². The molecule has 266 valence electrons. The lowest BCUT2D eigenvalue weighted by molar-refractivity contribution is 1.07. The molecule has 0 amide bonds. The molecule has 0 fully saturated rings. The van der Waals surface area contributed by atoms with Crippen molar-refractivity contribution in [2.45, 2.75) is 0 Å². The Labute approximate surface area is 333 Å². The predicted molar refractivity (Wildman–Crippen MR) is 238 cm³/mol. The zero-order chi connectivity index (χ0) is 37.7. The Hall–Kier alpha value is -7.34. The summed E-state index contributed by atoms with van der Waals surface area (Å²) in [5.74, 6) is 1.90. The largest absolute Gasteiger partial charge is 0.246 e. The minimum absolute atomic E-state index is 0.629. The summed E-state index contributed by atoms with van der Waals surface area (Å²) in [7, 11) is 0. The molecule has 0 saturated carbocycles. The summed E-state index contributed by atoms with van der Waals surface area (Å²) in [5, 5.41) is 6.16. The van der Waals surface area contributed by atoms with Crippen molar-refractivity contribution in [1.29, 1.82) is 0 Å². The van der Waals surface area contributed by atoms with Crippen molar-refractivity contribution in [3.05, 3.63) is 194 Å². The van der Waals surface area contributed by atoms with E-state index in [4.69, 9.17) is 19.9 Å². The van der Waals surface area contributed by atoms with Crippen molar-refractivity contribution in [3.8, 4) is 67.7 Å². The van der Waals surface area contributed by atoms with Crippen LogP contribution in [0, 0.1) is 0 Å². The molecule has 0 bridgehead atoms. The zero-order valence-electron chi connectivity index (χ0n) is 30.7. The van der Waals surface area contributed by atoms with E-state index in [-0.39, 0.29) is 0 Å². The quantitative estimate of drug-likeness (QED) is 0.159. The van der Waals surface area contributed by atoms with Crippen molar-refractivity contribution in [2.24, 2.45) is 0 Å². The summed E-state index contributed by atoms with van der Waals surface area (Å²) in [5.41, 5.74) is 10.4. The first kappa shape index (κ1) is 33.0. The van der Waals surface area contributed by atoms with Crippen LogP contribution in [0.5, 0.6) is 0 Å². The lowest BCUT2D eigenvalue weighted by Crippen LogP contribution is -2.00. The third-order valence-corrected chi connectivity index (χ3v) is 11.9. The lowest BCUT2D eigenvalue weighted by Gasteiger charge is -2.11. The SMILES string of the molecule is c1ccc(-c2cccc(-c3nc(-c4ccccc4)nc(-c4ccc(-c5cccc(-c6nc7cc8ccccc8cc7c7c6sc6ccccc67)c5)cc4)n3)c2)cc1. The predicted octanol–water partition coefficient (Wildman–Crippen LogP) is 13.9. The van der Waals surface area contributed by atoms with E-state index >= 15 is 0 Å². The van der Waals surface area contributed by atoms with Gasteiger partial charge in [-0.25, -0.2) is 19.9 Å². The molecule has 5 heteroatoms. The number of hydrogen-bond acceptors (Lipinski definition) is 5. The van der Waals surface area contributed by atoms with E-state index in [1.165, 1.54) is 36.3 Å². The van der Waals surface area contributed by atoms with Gasteiger partial charge in [0.15, 0.2) is 17.5 Å². The van der Waals surface area contributed by atoms with Crippen molar-refractivity contribution in [1.82, 2.24) is 19.9 Å². The molecular formula is C52H32N4S. The highest BCUT2D eigenvalue weighted by atomic mass is 32.1. The Bertz CT molecular complexity index is 3280. The molecule has 0 atom stereocenters. The van der Waals surface area contributed by atoms with E-state index in [9.17, 15) is 0 Å². The molecule has 0 unspecified atom stereocenters. The molecule has 0 N–H and O–H groups in total. The Kier molecular flexibility index (Phi) is 7.97. The fourth-order valence-corrected chi connectivity index (χ4v) is 9.07. The number of thiophene rings is 1. The maximum absolute atomic E-state index is 5.38. The number of aromatic nitrogens is 4. The normalized spacial score (nSPS) is 11.5. The van der Waals surface area contributed by atoms with Gasteiger partial charge >= 0.3 is 0 Å². The van der Waals surface area contributed by atoms with Crippen LogP contribution in [0.3, 0.4) is 0 Å². The Balaban J connectivity index is 0.996. The highest BCUT2D eigenvalue weighted by molar-refractivity contribution is 7.26. The van der Waals surface area contributed by atoms with E-state index < -0.39 is 0 Å². The van der Waals surface area contributed by atoms with Gasteiger partial charge in [-0.1, -0.05) is 164 Å². The minimum atomic E-state index is 0.629. The first-order chi connectivity index (χ1) is 28.2. The van der Waals surface area contributed by atoms with Crippen molar-refractivity contribution in [3.63, 3.8) is 0 Å². The number of pyridine rings is 1. The fraction of sp³-hybridized carbons (Fsp3) is 0. The smallest absolute Gasteiger partial charge is 0.164 e. The van der Waals surface area contributed by atoms with Crippen LogP contribution >= 0.6 is 11.3 Å². The lowest BCUT2D eigenvalue weighted by atomic mass is 9.98. The standard InChI is InChI=1S/C52H32N4S/c1-3-13-33(14-4-1)38-20-12-22-42(30-38)52-55-50(35-15-5-2-6-16-35)54-51(56-52)36-27-25-34(26-28-36)37-19-11-21-41(29-37)48-49-47(43-23-9-10-24-46(43)57-49)44-31-39-17-7-8-18-40(39)32-45(44)53-48/h1-32H. The molecule has 3 aromatic heterocycles. The molecular weight excluding hydrogens is 713 g/mol. The van der Waals surface area contributed by atoms with Gasteiger partial charge < -0.3 is 0 Å². The molecule has 11 rings (SSSR count). The summed E-state index contributed by atoms with van der Waals surface area (Å²) < 4.78 is 2.48. The Morgan fingerprint density at radius 3 is 1.53 bits per heavy atom. The first-order valence-corrected chi connectivity index (χ1v) is 19.9. The average Bonchev–Trinajstić information content (AvgIpc) is 3.69. The van der Waals surface area contributed by atoms with Gasteiger partial charge in [0, 0.05) is 43.1 Å². The van der Waals surface area contributed by atoms with Crippen LogP contribution in [-0.2, 0) is 0 Å². The fourth-order valence-electron chi connectivity index (χ4n) is 7.84. The van der Waals surface area contributed by atoms with Gasteiger partial charge in [0.05, 0.1) is 15.9 Å². The van der Waals surface area contributed by atoms with Crippen LogP contribution in [0.25, 0.3) is 110 Å². The molecule has 0 aliphatic rings. The second-order valence-corrected chi connectivity index (χ2v) is 15.3. The van der Waals surface area contributed by atoms with E-state index in [0.29, 0.717) is 17.5 Å². The zero-order valence-corrected chi connectivity index (χ0v) is 31.5. The number of nitrogens with zero attached hydrogens (tertiary/aromatic N) is 4. The molecule has 11 aromatic rings. The molecule has 0 spiro atoms. The first-order valence-electron chi connectivity index (χ1n) is 19.0. The van der Waals surface area contributed by atoms with Crippen LogP contribution in [0.4, 0.5) is 0 Å². The van der Waals surface area contributed by atoms with Gasteiger partial charge in [-0.05, 0) is 63.4 Å². The molecule has 0 saturated heterocycles. The van der Waals surface area contributed by atoms with Gasteiger partial charge in [-0.2, -0.15) is 0 Å². The van der Waals surface area contributed by atoms with Crippen LogP contribution in [0.1, 0.15) is 0 Å². The van der Waals surface area contributed by atoms with E-state index in [2.05, 4.69) is 158 Å². The summed E-state index contributed by atoms with van der Waals surface area (Å²) in [6.07, 6.45) is 0. The van der Waals surface area contributed by atoms with Crippen LogP contribution in [0.15, 0.2) is 194 Å². The summed E-state index contributed by atoms with van der Waals surface area (Å²) in [6.45, 7) is 0. The maximum Gasteiger partial charge on any atom is 0.164 e. The summed E-state index contributed by atoms with van der Waals surface area (Å²) in [4.78, 5) is 20.4. The molecule has 0 aliphatic heterocycles. The number of hydrogen-bond donors (Lipinski definition) is 0. The van der Waals surface area contributed by atoms with Gasteiger partial charge in [0.25, 0.3) is 0 Å². The molecule has 0 aliphatic carbocycles. The molecule has 0 radical (unpaired) electrons. The molecule has 8 aromatic carbocycles. The third-order valence-electron chi connectivity index (χ3n) is 10.7. The minimum Gasteiger partial charge on any atom is -0.246 e. The van der Waals surface area contributed by atoms with E-state index in [0.717, 1.165) is 55.7 Å². The second-order valence-electron chi connectivity index (χ2n) is 14.3. The summed E-state index contributed by atoms with van der Waals surface area (Å²) in [6, 6.07) is 68.0. The van der Waals surface area contributed by atoms with Crippen molar-refractivity contribution in [2.75, 3.05) is 0 Å². The Morgan fingerprint density at radius 1 is 0.316 bits per heavy atom. The molecule has 57 heavy (non-hydrogen) atoms. The molecule has 3 heterocycles. The van der Waals surface area contributed by atoms with Crippen molar-refractivity contribution >= 4 is 53.2 Å². The monoisotopic (exact) mass is 744 g/mol. The highest BCUT2D eigenvalue weighted by Gasteiger charge is 2.18. The number of benzene rings is 8. The highest BCUT2D eigenvalue weighted by Crippen LogP contribution is 2.44. The molecule has 4 nitrogen and oxygen atoms in total. The topological polar surface area (TPSA) is 51.6 Å². The number of rotatable bonds is 6. The third kappa shape index (κ3) is 6.02. The maximum atomic E-state index is 5.38. The van der Waals surface area contributed by atoms with Crippen LogP contribution in [-0.4, -0.2) is 19.9 Å². The van der Waals surface area contributed by atoms with Crippen LogP contribution < -0.4 is 0 Å². The van der Waals surface area contributed by atoms with E-state index in [1.54, 1.807) is 0 Å². The van der Waals surface area contributed by atoms with Gasteiger partial charge in [-0.15, -0.1) is 11.3 Å². The average molecular weight is 745 g/mol. The second kappa shape index (κ2) is 13.7. The number of fused-ring (bicyclic) bond motifs is 6. The van der Waals surface area contributed by atoms with Gasteiger partial charge in [0.2, 0.25) is 0 Å². The Morgan fingerprint density at radius 2 is 0.807 bits per heavy atom. The van der Waals surface area contributed by atoms with E-state index in [1.807, 2.05) is 47.7 Å². The van der Waals surface area contributed by atoms with Gasteiger partial charge in [0.1, 0.15) is 0 Å².